The van der Waals surface area contributed by atoms with E-state index in [-0.39, 0.29) is 5.91 Å². The number of nitrogens with zero attached hydrogens (tertiary/aromatic N) is 7. The monoisotopic (exact) mass is 339 g/mol. The maximum absolute atomic E-state index is 12.5. The number of tetrazole rings is 1. The Kier molecular flexibility index (Phi) is 5.17. The molecule has 0 spiro atoms. The Morgan fingerprint density at radius 3 is 2.64 bits per heavy atom. The first kappa shape index (κ1) is 16.8. The van der Waals surface area contributed by atoms with Crippen molar-refractivity contribution in [3.8, 4) is 5.69 Å². The fraction of sp³-hybridized carbons (Fsp3) is 0.353. The standard InChI is InChI=1S/C17H21N7O/c1-3-22(11-12-23-10-4-9-18-23)17(25)13-15-5-7-16(8-6-15)24-14(2)19-20-21-24/h4-10H,3,11-13H2,1-2H3. The minimum absolute atomic E-state index is 0.112. The second-order valence-electron chi connectivity index (χ2n) is 5.72. The predicted octanol–water partition coefficient (Wildman–Crippen LogP) is 1.26. The van der Waals surface area contributed by atoms with Crippen molar-refractivity contribution in [3.63, 3.8) is 0 Å². The lowest BCUT2D eigenvalue weighted by Gasteiger charge is -2.21. The van der Waals surface area contributed by atoms with Gasteiger partial charge in [0.1, 0.15) is 0 Å². The summed E-state index contributed by atoms with van der Waals surface area (Å²) in [7, 11) is 0. The maximum Gasteiger partial charge on any atom is 0.227 e. The third kappa shape index (κ3) is 4.09. The van der Waals surface area contributed by atoms with Crippen LogP contribution in [-0.4, -0.2) is 53.9 Å². The number of rotatable bonds is 7. The van der Waals surface area contributed by atoms with E-state index in [1.807, 2.05) is 60.0 Å². The van der Waals surface area contributed by atoms with E-state index in [0.717, 1.165) is 17.1 Å². The second-order valence-corrected chi connectivity index (χ2v) is 5.72. The highest BCUT2D eigenvalue weighted by Gasteiger charge is 2.13. The van der Waals surface area contributed by atoms with Crippen LogP contribution in [-0.2, 0) is 17.8 Å². The molecule has 0 atom stereocenters. The molecule has 8 nitrogen and oxygen atoms in total. The van der Waals surface area contributed by atoms with Gasteiger partial charge in [-0.1, -0.05) is 12.1 Å². The Labute approximate surface area is 146 Å². The molecule has 1 aromatic carbocycles. The first-order valence-electron chi connectivity index (χ1n) is 8.27. The van der Waals surface area contributed by atoms with Crippen molar-refractivity contribution in [3.05, 3.63) is 54.1 Å². The molecular weight excluding hydrogens is 318 g/mol. The molecule has 2 heterocycles. The molecule has 0 unspecified atom stereocenters. The zero-order valence-corrected chi connectivity index (χ0v) is 14.4. The largest absolute Gasteiger partial charge is 0.341 e. The van der Waals surface area contributed by atoms with E-state index >= 15 is 0 Å². The minimum Gasteiger partial charge on any atom is -0.341 e. The zero-order valence-electron chi connectivity index (χ0n) is 14.4. The van der Waals surface area contributed by atoms with Crippen LogP contribution in [0.25, 0.3) is 5.69 Å². The van der Waals surface area contributed by atoms with Crippen molar-refractivity contribution in [1.29, 1.82) is 0 Å². The number of benzene rings is 1. The van der Waals surface area contributed by atoms with Crippen LogP contribution in [0.3, 0.4) is 0 Å². The van der Waals surface area contributed by atoms with Gasteiger partial charge in [-0.15, -0.1) is 5.10 Å². The smallest absolute Gasteiger partial charge is 0.227 e. The van der Waals surface area contributed by atoms with Gasteiger partial charge in [-0.25, -0.2) is 0 Å². The normalized spacial score (nSPS) is 10.8. The minimum atomic E-state index is 0.112. The van der Waals surface area contributed by atoms with Crippen LogP contribution in [0.2, 0.25) is 0 Å². The van der Waals surface area contributed by atoms with Gasteiger partial charge in [0.05, 0.1) is 18.7 Å². The molecule has 0 saturated heterocycles. The summed E-state index contributed by atoms with van der Waals surface area (Å²) < 4.78 is 3.49. The van der Waals surface area contributed by atoms with E-state index in [9.17, 15) is 4.79 Å². The summed E-state index contributed by atoms with van der Waals surface area (Å²) in [5, 5.41) is 15.6. The SMILES string of the molecule is CCN(CCn1cccn1)C(=O)Cc1ccc(-n2nnnc2C)cc1. The van der Waals surface area contributed by atoms with Crippen LogP contribution in [0, 0.1) is 6.92 Å². The van der Waals surface area contributed by atoms with E-state index in [1.165, 1.54) is 0 Å². The molecule has 0 bridgehead atoms. The van der Waals surface area contributed by atoms with Crippen molar-refractivity contribution in [2.45, 2.75) is 26.8 Å². The number of hydrogen-bond acceptors (Lipinski definition) is 5. The Balaban J connectivity index is 1.60. The van der Waals surface area contributed by atoms with Crippen molar-refractivity contribution in [2.75, 3.05) is 13.1 Å². The second kappa shape index (κ2) is 7.69. The highest BCUT2D eigenvalue weighted by molar-refractivity contribution is 5.78. The molecule has 0 aliphatic rings. The van der Waals surface area contributed by atoms with Crippen molar-refractivity contribution in [1.82, 2.24) is 34.9 Å². The molecular formula is C17H21N7O. The van der Waals surface area contributed by atoms with Crippen LogP contribution >= 0.6 is 0 Å². The average molecular weight is 339 g/mol. The number of likely N-dealkylation sites (N-methyl/N-ethyl adjacent to an activating group) is 1. The molecule has 0 aliphatic carbocycles. The molecule has 0 aliphatic heterocycles. The first-order chi connectivity index (χ1) is 12.2. The third-order valence-corrected chi connectivity index (χ3v) is 4.05. The van der Waals surface area contributed by atoms with Gasteiger partial charge in [0.15, 0.2) is 5.82 Å². The van der Waals surface area contributed by atoms with Crippen LogP contribution < -0.4 is 0 Å². The summed E-state index contributed by atoms with van der Waals surface area (Å²) in [5.41, 5.74) is 1.85. The van der Waals surface area contributed by atoms with Gasteiger partial charge in [-0.2, -0.15) is 9.78 Å². The number of amides is 1. The summed E-state index contributed by atoms with van der Waals surface area (Å²) in [6.07, 6.45) is 4.02. The molecule has 0 saturated carbocycles. The van der Waals surface area contributed by atoms with E-state index < -0.39 is 0 Å². The fourth-order valence-electron chi connectivity index (χ4n) is 2.63. The van der Waals surface area contributed by atoms with Gasteiger partial charge in [-0.05, 0) is 48.0 Å². The molecule has 8 heteroatoms. The lowest BCUT2D eigenvalue weighted by atomic mass is 10.1. The van der Waals surface area contributed by atoms with Crippen molar-refractivity contribution >= 4 is 5.91 Å². The summed E-state index contributed by atoms with van der Waals surface area (Å²) in [4.78, 5) is 14.4. The van der Waals surface area contributed by atoms with Gasteiger partial charge in [0.25, 0.3) is 0 Å². The Morgan fingerprint density at radius 2 is 2.04 bits per heavy atom. The van der Waals surface area contributed by atoms with Gasteiger partial charge in [-0.3, -0.25) is 9.48 Å². The van der Waals surface area contributed by atoms with Gasteiger partial charge in [0, 0.05) is 25.5 Å². The van der Waals surface area contributed by atoms with E-state index in [0.29, 0.717) is 26.1 Å². The van der Waals surface area contributed by atoms with Crippen LogP contribution in [0.5, 0.6) is 0 Å². The highest BCUT2D eigenvalue weighted by atomic mass is 16.2. The molecule has 1 amide bonds. The number of carbonyl (C=O) groups is 1. The molecule has 2 aromatic heterocycles. The molecule has 0 fully saturated rings. The van der Waals surface area contributed by atoms with E-state index in [2.05, 4.69) is 20.6 Å². The topological polar surface area (TPSA) is 81.7 Å². The van der Waals surface area contributed by atoms with Gasteiger partial charge in [0.2, 0.25) is 5.91 Å². The Morgan fingerprint density at radius 1 is 1.24 bits per heavy atom. The van der Waals surface area contributed by atoms with Gasteiger partial charge >= 0.3 is 0 Å². The van der Waals surface area contributed by atoms with E-state index in [1.54, 1.807) is 10.9 Å². The Hall–Kier alpha value is -3.03. The van der Waals surface area contributed by atoms with Gasteiger partial charge < -0.3 is 4.90 Å². The maximum atomic E-state index is 12.5. The molecule has 3 rings (SSSR count). The van der Waals surface area contributed by atoms with Crippen molar-refractivity contribution in [2.24, 2.45) is 0 Å². The van der Waals surface area contributed by atoms with Crippen LogP contribution in [0.15, 0.2) is 42.7 Å². The third-order valence-electron chi connectivity index (χ3n) is 4.05. The van der Waals surface area contributed by atoms with E-state index in [4.69, 9.17) is 0 Å². The lowest BCUT2D eigenvalue weighted by Crippen LogP contribution is -2.34. The molecule has 0 N–H and O–H groups in total. The van der Waals surface area contributed by atoms with Crippen LogP contribution in [0.4, 0.5) is 0 Å². The first-order valence-corrected chi connectivity index (χ1v) is 8.27. The summed E-state index contributed by atoms with van der Waals surface area (Å²) in [6, 6.07) is 9.61. The molecule has 3 aromatic rings. The molecule has 0 radical (unpaired) electrons. The zero-order chi connectivity index (χ0) is 17.6. The fourth-order valence-corrected chi connectivity index (χ4v) is 2.63. The quantitative estimate of drug-likeness (QED) is 0.647. The summed E-state index contributed by atoms with van der Waals surface area (Å²) >= 11 is 0. The van der Waals surface area contributed by atoms with Crippen molar-refractivity contribution < 1.29 is 4.79 Å². The summed E-state index contributed by atoms with van der Waals surface area (Å²) in [6.45, 7) is 5.87. The number of aryl methyl sites for hydroxylation is 1. The number of aromatic nitrogens is 6. The molecule has 25 heavy (non-hydrogen) atoms. The summed E-state index contributed by atoms with van der Waals surface area (Å²) in [5.74, 6) is 0.834. The molecule has 130 valence electrons. The number of hydrogen-bond donors (Lipinski definition) is 0. The lowest BCUT2D eigenvalue weighted by molar-refractivity contribution is -0.130. The Bertz CT molecular complexity index is 808. The highest BCUT2D eigenvalue weighted by Crippen LogP contribution is 2.11. The van der Waals surface area contributed by atoms with Crippen LogP contribution in [0.1, 0.15) is 18.3 Å². The number of carbonyl (C=O) groups excluding carboxylic acids is 1. The average Bonchev–Trinajstić information content (AvgIpc) is 3.28. The predicted molar refractivity (Wildman–Crippen MR) is 92.1 cm³/mol.